The Labute approximate surface area is 207 Å². The second-order valence-electron chi connectivity index (χ2n) is 9.03. The molecule has 7 nitrogen and oxygen atoms in total. The van der Waals surface area contributed by atoms with Crippen molar-refractivity contribution in [2.24, 2.45) is 0 Å². The summed E-state index contributed by atoms with van der Waals surface area (Å²) in [5, 5.41) is 10.6. The van der Waals surface area contributed by atoms with E-state index in [-0.39, 0.29) is 11.5 Å². The van der Waals surface area contributed by atoms with Crippen molar-refractivity contribution < 1.29 is 14.7 Å². The van der Waals surface area contributed by atoms with Gasteiger partial charge >= 0.3 is 5.97 Å². The van der Waals surface area contributed by atoms with Crippen molar-refractivity contribution in [1.29, 1.82) is 0 Å². The quantitative estimate of drug-likeness (QED) is 0.357. The van der Waals surface area contributed by atoms with Crippen LogP contribution in [-0.4, -0.2) is 37.6 Å². The normalized spacial score (nSPS) is 13.6. The van der Waals surface area contributed by atoms with Gasteiger partial charge in [-0.1, -0.05) is 30.3 Å². The van der Waals surface area contributed by atoms with E-state index in [1.165, 1.54) is 0 Å². The van der Waals surface area contributed by atoms with Gasteiger partial charge in [0.2, 0.25) is 5.91 Å². The topological polar surface area (TPSA) is 80.4 Å². The van der Waals surface area contributed by atoms with Crippen LogP contribution in [0.5, 0.6) is 0 Å². The van der Waals surface area contributed by atoms with E-state index in [1.54, 1.807) is 24.7 Å². The van der Waals surface area contributed by atoms with Crippen molar-refractivity contribution in [3.63, 3.8) is 0 Å². The lowest BCUT2D eigenvalue weighted by Crippen LogP contribution is -2.23. The number of hydrogen-bond donors (Lipinski definition) is 1. The highest BCUT2D eigenvalue weighted by atomic mass is 16.4. The molecule has 1 aliphatic rings. The molecule has 1 amide bonds. The fraction of sp³-hybridized carbons (Fsp3) is 0.138. The summed E-state index contributed by atoms with van der Waals surface area (Å²) in [6.45, 7) is 1.33. The summed E-state index contributed by atoms with van der Waals surface area (Å²) in [6.07, 6.45) is 6.91. The number of imidazole rings is 1. The second kappa shape index (κ2) is 8.85. The third-order valence-corrected chi connectivity index (χ3v) is 6.78. The van der Waals surface area contributed by atoms with Crippen molar-refractivity contribution in [1.82, 2.24) is 14.1 Å². The smallest absolute Gasteiger partial charge is 0.335 e. The summed E-state index contributed by atoms with van der Waals surface area (Å²) in [4.78, 5) is 29.8. The Morgan fingerprint density at radius 1 is 0.944 bits per heavy atom. The number of rotatable bonds is 6. The predicted molar refractivity (Wildman–Crippen MR) is 139 cm³/mol. The number of fused-ring (bicyclic) bond motifs is 1. The molecule has 6 rings (SSSR count). The number of carboxylic acids is 1. The first-order valence-corrected chi connectivity index (χ1v) is 11.9. The third kappa shape index (κ3) is 3.94. The zero-order valence-corrected chi connectivity index (χ0v) is 19.5. The van der Waals surface area contributed by atoms with Gasteiger partial charge in [0.25, 0.3) is 0 Å². The van der Waals surface area contributed by atoms with Gasteiger partial charge in [-0.15, -0.1) is 0 Å². The molecule has 0 bridgehead atoms. The maximum atomic E-state index is 12.1. The monoisotopic (exact) mass is 476 g/mol. The standard InChI is InChI=1S/C29H24N4O3/c34-28-2-1-14-32(28)25-9-3-20(4-10-25)18-33-26(16-22-5-6-23(29(35)36)17-27(22)33)21-7-11-24(12-8-21)31-15-13-30-19-31/h3-13,15-17,19H,1-2,14,18H2,(H,35,36). The number of hydrogen-bond acceptors (Lipinski definition) is 3. The van der Waals surface area contributed by atoms with Gasteiger partial charge in [0.05, 0.1) is 11.9 Å². The van der Waals surface area contributed by atoms with Gasteiger partial charge in [-0.05, 0) is 60.0 Å². The van der Waals surface area contributed by atoms with Crippen LogP contribution < -0.4 is 4.90 Å². The Kier molecular flexibility index (Phi) is 5.37. The molecule has 2 aromatic heterocycles. The zero-order chi connectivity index (χ0) is 24.6. The van der Waals surface area contributed by atoms with Gasteiger partial charge in [-0.25, -0.2) is 9.78 Å². The van der Waals surface area contributed by atoms with Crippen LogP contribution in [0.15, 0.2) is 91.5 Å². The molecule has 0 unspecified atom stereocenters. The van der Waals surface area contributed by atoms with Gasteiger partial charge in [-0.3, -0.25) is 4.79 Å². The molecule has 0 radical (unpaired) electrons. The largest absolute Gasteiger partial charge is 0.478 e. The lowest BCUT2D eigenvalue weighted by Gasteiger charge is -2.17. The molecule has 1 N–H and O–H groups in total. The van der Waals surface area contributed by atoms with Gasteiger partial charge in [0.1, 0.15) is 0 Å². The predicted octanol–water partition coefficient (Wildman–Crippen LogP) is 5.37. The molecule has 1 aliphatic heterocycles. The maximum absolute atomic E-state index is 12.1. The van der Waals surface area contributed by atoms with Crippen LogP contribution in [0.1, 0.15) is 28.8 Å². The molecule has 3 heterocycles. The highest BCUT2D eigenvalue weighted by Gasteiger charge is 2.21. The van der Waals surface area contributed by atoms with Crippen LogP contribution in [0, 0.1) is 0 Å². The van der Waals surface area contributed by atoms with E-state index >= 15 is 0 Å². The molecule has 1 fully saturated rings. The van der Waals surface area contributed by atoms with E-state index in [4.69, 9.17) is 0 Å². The van der Waals surface area contributed by atoms with Crippen LogP contribution in [0.25, 0.3) is 27.8 Å². The molecule has 0 saturated carbocycles. The molecular weight excluding hydrogens is 452 g/mol. The fourth-order valence-corrected chi connectivity index (χ4v) is 4.90. The van der Waals surface area contributed by atoms with Gasteiger partial charge in [0.15, 0.2) is 0 Å². The molecule has 5 aromatic rings. The Morgan fingerprint density at radius 2 is 1.72 bits per heavy atom. The summed E-state index contributed by atoms with van der Waals surface area (Å²) in [6, 6.07) is 23.6. The zero-order valence-electron chi connectivity index (χ0n) is 19.5. The van der Waals surface area contributed by atoms with Crippen molar-refractivity contribution in [2.75, 3.05) is 11.4 Å². The van der Waals surface area contributed by atoms with E-state index in [0.717, 1.165) is 52.1 Å². The number of carbonyl (C=O) groups is 2. The number of carbonyl (C=O) groups excluding carboxylic acids is 1. The summed E-state index contributed by atoms with van der Waals surface area (Å²) in [5.41, 5.74) is 6.16. The average Bonchev–Trinajstić information content (AvgIpc) is 3.65. The molecule has 7 heteroatoms. The highest BCUT2D eigenvalue weighted by Crippen LogP contribution is 2.31. The number of anilines is 1. The molecule has 3 aromatic carbocycles. The molecule has 36 heavy (non-hydrogen) atoms. The van der Waals surface area contributed by atoms with E-state index in [1.807, 2.05) is 58.1 Å². The van der Waals surface area contributed by atoms with E-state index in [0.29, 0.717) is 13.0 Å². The fourth-order valence-electron chi connectivity index (χ4n) is 4.90. The molecule has 0 spiro atoms. The Morgan fingerprint density at radius 3 is 2.39 bits per heavy atom. The maximum Gasteiger partial charge on any atom is 0.335 e. The lowest BCUT2D eigenvalue weighted by atomic mass is 10.1. The Balaban J connectivity index is 1.40. The molecular formula is C29H24N4O3. The minimum atomic E-state index is -0.949. The van der Waals surface area contributed by atoms with Crippen LogP contribution in [-0.2, 0) is 11.3 Å². The number of carboxylic acid groups (broad SMARTS) is 1. The van der Waals surface area contributed by atoms with Crippen LogP contribution >= 0.6 is 0 Å². The first kappa shape index (κ1) is 21.9. The van der Waals surface area contributed by atoms with Crippen molar-refractivity contribution in [3.8, 4) is 16.9 Å². The van der Waals surface area contributed by atoms with Gasteiger partial charge in [0, 0.05) is 59.9 Å². The second-order valence-corrected chi connectivity index (χ2v) is 9.03. The first-order chi connectivity index (χ1) is 17.6. The number of benzene rings is 3. The van der Waals surface area contributed by atoms with Crippen LogP contribution in [0.4, 0.5) is 5.69 Å². The van der Waals surface area contributed by atoms with E-state index in [2.05, 4.69) is 27.8 Å². The summed E-state index contributed by atoms with van der Waals surface area (Å²) in [7, 11) is 0. The molecule has 0 aliphatic carbocycles. The Bertz CT molecular complexity index is 1570. The number of aromatic nitrogens is 3. The summed E-state index contributed by atoms with van der Waals surface area (Å²) >= 11 is 0. The number of amides is 1. The molecule has 178 valence electrons. The molecule has 0 atom stereocenters. The van der Waals surface area contributed by atoms with E-state index < -0.39 is 5.97 Å². The summed E-state index contributed by atoms with van der Waals surface area (Å²) in [5.74, 6) is -0.780. The lowest BCUT2D eigenvalue weighted by molar-refractivity contribution is -0.117. The van der Waals surface area contributed by atoms with Crippen LogP contribution in [0.2, 0.25) is 0 Å². The van der Waals surface area contributed by atoms with E-state index in [9.17, 15) is 14.7 Å². The van der Waals surface area contributed by atoms with Gasteiger partial charge in [-0.2, -0.15) is 0 Å². The minimum Gasteiger partial charge on any atom is -0.478 e. The van der Waals surface area contributed by atoms with Crippen molar-refractivity contribution in [2.45, 2.75) is 19.4 Å². The average molecular weight is 477 g/mol. The highest BCUT2D eigenvalue weighted by molar-refractivity contribution is 5.96. The number of nitrogens with zero attached hydrogens (tertiary/aromatic N) is 4. The first-order valence-electron chi connectivity index (χ1n) is 11.9. The number of aromatic carboxylic acids is 1. The third-order valence-electron chi connectivity index (χ3n) is 6.78. The van der Waals surface area contributed by atoms with Crippen LogP contribution in [0.3, 0.4) is 0 Å². The summed E-state index contributed by atoms with van der Waals surface area (Å²) < 4.78 is 4.11. The van der Waals surface area contributed by atoms with Crippen molar-refractivity contribution >= 4 is 28.5 Å². The Hall–Kier alpha value is -4.65. The SMILES string of the molecule is O=C(O)c1ccc2cc(-c3ccc(-n4ccnc4)cc3)n(Cc3ccc(N4CCCC4=O)cc3)c2c1. The van der Waals surface area contributed by atoms with Gasteiger partial charge < -0.3 is 19.1 Å². The van der Waals surface area contributed by atoms with Crippen molar-refractivity contribution in [3.05, 3.63) is 103 Å². The minimum absolute atomic E-state index is 0.168. The molecule has 1 saturated heterocycles.